The van der Waals surface area contributed by atoms with Crippen LogP contribution in [-0.2, 0) is 16.1 Å². The highest BCUT2D eigenvalue weighted by Crippen LogP contribution is 2.23. The van der Waals surface area contributed by atoms with Gasteiger partial charge in [-0.2, -0.15) is 0 Å². The van der Waals surface area contributed by atoms with Crippen LogP contribution < -0.4 is 10.6 Å². The van der Waals surface area contributed by atoms with Crippen molar-refractivity contribution >= 4 is 11.8 Å². The van der Waals surface area contributed by atoms with E-state index in [4.69, 9.17) is 0 Å². The number of nitrogens with one attached hydrogen (secondary N) is 2. The molecule has 0 atom stereocenters. The lowest BCUT2D eigenvalue weighted by molar-refractivity contribution is -0.139. The van der Waals surface area contributed by atoms with Crippen molar-refractivity contribution in [3.05, 3.63) is 35.4 Å². The van der Waals surface area contributed by atoms with Crippen LogP contribution in [0.3, 0.4) is 0 Å². The molecule has 2 N–H and O–H groups in total. The maximum absolute atomic E-state index is 11.9. The van der Waals surface area contributed by atoms with Gasteiger partial charge in [0.1, 0.15) is 0 Å². The van der Waals surface area contributed by atoms with Crippen LogP contribution in [-0.4, -0.2) is 17.9 Å². The zero-order valence-corrected chi connectivity index (χ0v) is 14.4. The van der Waals surface area contributed by atoms with Crippen molar-refractivity contribution in [2.45, 2.75) is 65.0 Å². The number of carbonyl (C=O) groups excluding carboxylic acids is 2. The Hall–Kier alpha value is -1.84. The molecule has 0 radical (unpaired) electrons. The van der Waals surface area contributed by atoms with E-state index in [2.05, 4.69) is 43.5 Å². The van der Waals surface area contributed by atoms with Gasteiger partial charge in [0.05, 0.1) is 0 Å². The summed E-state index contributed by atoms with van der Waals surface area (Å²) in [5, 5.41) is 5.54. The van der Waals surface area contributed by atoms with Crippen LogP contribution in [0.15, 0.2) is 24.3 Å². The standard InChI is InChI=1S/C19H28N2O2/c1-13(2)16-8-6-15(7-9-16)12-20-18(22)19(23)21-17-10-4-14(3)5-11-17/h6-9,13-14,17H,4-5,10-12H2,1-3H3,(H,20,22)(H,21,23). The second kappa shape index (κ2) is 8.14. The predicted molar refractivity (Wildman–Crippen MR) is 91.9 cm³/mol. The van der Waals surface area contributed by atoms with E-state index in [9.17, 15) is 9.59 Å². The third-order valence-corrected chi connectivity index (χ3v) is 4.66. The molecule has 0 aliphatic heterocycles. The van der Waals surface area contributed by atoms with Crippen molar-refractivity contribution in [1.29, 1.82) is 0 Å². The number of carbonyl (C=O) groups is 2. The van der Waals surface area contributed by atoms with Crippen molar-refractivity contribution in [2.75, 3.05) is 0 Å². The lowest BCUT2D eigenvalue weighted by atomic mass is 9.87. The van der Waals surface area contributed by atoms with E-state index in [-0.39, 0.29) is 6.04 Å². The SMILES string of the molecule is CC1CCC(NC(=O)C(=O)NCc2ccc(C(C)C)cc2)CC1. The number of hydrogen-bond donors (Lipinski definition) is 2. The molecule has 1 saturated carbocycles. The fourth-order valence-corrected chi connectivity index (χ4v) is 2.94. The molecule has 23 heavy (non-hydrogen) atoms. The Balaban J connectivity index is 1.76. The molecular formula is C19H28N2O2. The second-order valence-corrected chi connectivity index (χ2v) is 7.01. The first kappa shape index (κ1) is 17.5. The molecule has 1 aliphatic rings. The minimum atomic E-state index is -0.545. The maximum atomic E-state index is 11.9. The molecule has 0 aromatic heterocycles. The Morgan fingerprint density at radius 1 is 1.04 bits per heavy atom. The quantitative estimate of drug-likeness (QED) is 0.839. The normalized spacial score (nSPS) is 21.0. The lowest BCUT2D eigenvalue weighted by Crippen LogP contribution is -2.45. The molecule has 1 aromatic rings. The van der Waals surface area contributed by atoms with Gasteiger partial charge in [-0.05, 0) is 48.6 Å². The largest absolute Gasteiger partial charge is 0.345 e. The van der Waals surface area contributed by atoms with Gasteiger partial charge in [0.25, 0.3) is 0 Å². The Morgan fingerprint density at radius 3 is 2.22 bits per heavy atom. The number of rotatable bonds is 4. The van der Waals surface area contributed by atoms with Crippen LogP contribution in [0.4, 0.5) is 0 Å². The van der Waals surface area contributed by atoms with Gasteiger partial charge in [-0.3, -0.25) is 9.59 Å². The summed E-state index contributed by atoms with van der Waals surface area (Å²) in [7, 11) is 0. The molecule has 126 valence electrons. The van der Waals surface area contributed by atoms with Gasteiger partial charge in [0.15, 0.2) is 0 Å². The van der Waals surface area contributed by atoms with E-state index < -0.39 is 11.8 Å². The monoisotopic (exact) mass is 316 g/mol. The highest BCUT2D eigenvalue weighted by molar-refractivity contribution is 6.35. The molecule has 0 bridgehead atoms. The lowest BCUT2D eigenvalue weighted by Gasteiger charge is -2.26. The number of hydrogen-bond acceptors (Lipinski definition) is 2. The van der Waals surface area contributed by atoms with Gasteiger partial charge in [0, 0.05) is 12.6 Å². The van der Waals surface area contributed by atoms with Gasteiger partial charge in [0.2, 0.25) is 0 Å². The van der Waals surface area contributed by atoms with Crippen LogP contribution in [0.1, 0.15) is 63.5 Å². The Morgan fingerprint density at radius 2 is 1.65 bits per heavy atom. The summed E-state index contributed by atoms with van der Waals surface area (Å²) in [4.78, 5) is 23.8. The summed E-state index contributed by atoms with van der Waals surface area (Å²) in [5.41, 5.74) is 2.27. The van der Waals surface area contributed by atoms with Gasteiger partial charge >= 0.3 is 11.8 Å². The molecule has 0 unspecified atom stereocenters. The highest BCUT2D eigenvalue weighted by Gasteiger charge is 2.22. The highest BCUT2D eigenvalue weighted by atomic mass is 16.2. The number of benzene rings is 1. The molecule has 1 aromatic carbocycles. The van der Waals surface area contributed by atoms with E-state index in [0.717, 1.165) is 37.2 Å². The van der Waals surface area contributed by atoms with E-state index in [1.165, 1.54) is 5.56 Å². The summed E-state index contributed by atoms with van der Waals surface area (Å²) in [6, 6.07) is 8.27. The molecule has 0 saturated heterocycles. The topological polar surface area (TPSA) is 58.2 Å². The molecule has 1 aliphatic carbocycles. The van der Waals surface area contributed by atoms with Crippen LogP contribution in [0.2, 0.25) is 0 Å². The fourth-order valence-electron chi connectivity index (χ4n) is 2.94. The van der Waals surface area contributed by atoms with E-state index in [1.54, 1.807) is 0 Å². The number of amides is 2. The third-order valence-electron chi connectivity index (χ3n) is 4.66. The van der Waals surface area contributed by atoms with Crippen LogP contribution in [0.25, 0.3) is 0 Å². The summed E-state index contributed by atoms with van der Waals surface area (Å²) in [5.74, 6) is 0.160. The van der Waals surface area contributed by atoms with Gasteiger partial charge in [-0.15, -0.1) is 0 Å². The van der Waals surface area contributed by atoms with Crippen molar-refractivity contribution < 1.29 is 9.59 Å². The van der Waals surface area contributed by atoms with Crippen molar-refractivity contribution in [3.8, 4) is 0 Å². The molecule has 4 nitrogen and oxygen atoms in total. The smallest absolute Gasteiger partial charge is 0.309 e. The fraction of sp³-hybridized carbons (Fsp3) is 0.579. The average Bonchev–Trinajstić information content (AvgIpc) is 2.55. The van der Waals surface area contributed by atoms with Crippen molar-refractivity contribution in [1.82, 2.24) is 10.6 Å². The van der Waals surface area contributed by atoms with Crippen LogP contribution in [0.5, 0.6) is 0 Å². The molecular weight excluding hydrogens is 288 g/mol. The molecule has 0 heterocycles. The minimum absolute atomic E-state index is 0.148. The Kier molecular flexibility index (Phi) is 6.20. The minimum Gasteiger partial charge on any atom is -0.345 e. The Bertz CT molecular complexity index is 529. The second-order valence-electron chi connectivity index (χ2n) is 7.01. The molecule has 2 rings (SSSR count). The first-order valence-corrected chi connectivity index (χ1v) is 8.63. The Labute approximate surface area is 139 Å². The third kappa shape index (κ3) is 5.38. The molecule has 2 amide bonds. The predicted octanol–water partition coefficient (Wildman–Crippen LogP) is 3.12. The summed E-state index contributed by atoms with van der Waals surface area (Å²) >= 11 is 0. The van der Waals surface area contributed by atoms with Gasteiger partial charge < -0.3 is 10.6 Å². The van der Waals surface area contributed by atoms with Gasteiger partial charge in [-0.1, -0.05) is 45.0 Å². The van der Waals surface area contributed by atoms with E-state index >= 15 is 0 Å². The summed E-state index contributed by atoms with van der Waals surface area (Å²) in [6.07, 6.45) is 4.18. The van der Waals surface area contributed by atoms with Gasteiger partial charge in [-0.25, -0.2) is 0 Å². The first-order valence-electron chi connectivity index (χ1n) is 8.63. The zero-order chi connectivity index (χ0) is 16.8. The average molecular weight is 316 g/mol. The molecule has 1 fully saturated rings. The van der Waals surface area contributed by atoms with E-state index in [0.29, 0.717) is 12.5 Å². The van der Waals surface area contributed by atoms with Crippen molar-refractivity contribution in [3.63, 3.8) is 0 Å². The molecule has 4 heteroatoms. The van der Waals surface area contributed by atoms with Crippen molar-refractivity contribution in [2.24, 2.45) is 5.92 Å². The van der Waals surface area contributed by atoms with E-state index in [1.807, 2.05) is 12.1 Å². The van der Waals surface area contributed by atoms with Crippen LogP contribution in [0, 0.1) is 5.92 Å². The van der Waals surface area contributed by atoms with Crippen LogP contribution >= 0.6 is 0 Å². The summed E-state index contributed by atoms with van der Waals surface area (Å²) in [6.45, 7) is 6.90. The summed E-state index contributed by atoms with van der Waals surface area (Å²) < 4.78 is 0. The zero-order valence-electron chi connectivity index (χ0n) is 14.4. The molecule has 0 spiro atoms. The maximum Gasteiger partial charge on any atom is 0.309 e. The first-order chi connectivity index (χ1) is 11.0.